The molecule has 0 heterocycles. The van der Waals surface area contributed by atoms with Crippen LogP contribution in [0, 0.1) is 0 Å². The van der Waals surface area contributed by atoms with Gasteiger partial charge in [-0.15, -0.1) is 0 Å². The van der Waals surface area contributed by atoms with Gasteiger partial charge in [0.2, 0.25) is 0 Å². The summed E-state index contributed by atoms with van der Waals surface area (Å²) >= 11 is 0. The maximum absolute atomic E-state index is 5.88. The predicted molar refractivity (Wildman–Crippen MR) is 107 cm³/mol. The molecule has 5 heteroatoms. The van der Waals surface area contributed by atoms with Crippen molar-refractivity contribution in [3.63, 3.8) is 0 Å². The van der Waals surface area contributed by atoms with Crippen molar-refractivity contribution in [1.82, 2.24) is 10.6 Å². The minimum Gasteiger partial charge on any atom is -0.497 e. The molecule has 0 fully saturated rings. The van der Waals surface area contributed by atoms with E-state index in [0.29, 0.717) is 13.2 Å². The predicted octanol–water partition coefficient (Wildman–Crippen LogP) is 3.53. The maximum Gasteiger partial charge on any atom is 0.191 e. The highest BCUT2D eigenvalue weighted by atomic mass is 16.5. The van der Waals surface area contributed by atoms with Crippen LogP contribution in [0.15, 0.2) is 59.6 Å². The summed E-state index contributed by atoms with van der Waals surface area (Å²) in [5.74, 6) is 1.64. The highest BCUT2D eigenvalue weighted by molar-refractivity contribution is 5.79. The molecule has 0 saturated heterocycles. The molecule has 26 heavy (non-hydrogen) atoms. The average Bonchev–Trinajstić information content (AvgIpc) is 2.70. The number of nitrogens with one attached hydrogen (secondary N) is 2. The lowest BCUT2D eigenvalue weighted by Crippen LogP contribution is -2.37. The first kappa shape index (κ1) is 19.8. The molecule has 140 valence electrons. The first-order valence-corrected chi connectivity index (χ1v) is 8.97. The summed E-state index contributed by atoms with van der Waals surface area (Å²) in [5, 5.41) is 6.61. The zero-order valence-corrected chi connectivity index (χ0v) is 15.9. The second-order valence-electron chi connectivity index (χ2n) is 5.98. The van der Waals surface area contributed by atoms with Crippen molar-refractivity contribution in [3.05, 3.63) is 65.7 Å². The Bertz CT molecular complexity index is 674. The summed E-state index contributed by atoms with van der Waals surface area (Å²) in [6.45, 7) is 4.28. The van der Waals surface area contributed by atoms with E-state index in [1.807, 2.05) is 36.4 Å². The van der Waals surface area contributed by atoms with E-state index < -0.39 is 0 Å². The fraction of sp³-hybridized carbons (Fsp3) is 0.381. The van der Waals surface area contributed by atoms with Gasteiger partial charge in [-0.2, -0.15) is 0 Å². The molecule has 2 N–H and O–H groups in total. The number of guanidine groups is 1. The van der Waals surface area contributed by atoms with Crippen LogP contribution in [0.3, 0.4) is 0 Å². The van der Waals surface area contributed by atoms with E-state index in [-0.39, 0.29) is 6.10 Å². The van der Waals surface area contributed by atoms with E-state index in [1.165, 1.54) is 5.56 Å². The lowest BCUT2D eigenvalue weighted by molar-refractivity contribution is 0.0646. The van der Waals surface area contributed by atoms with Crippen molar-refractivity contribution in [2.24, 2.45) is 4.99 Å². The third-order valence-corrected chi connectivity index (χ3v) is 4.07. The van der Waals surface area contributed by atoms with Gasteiger partial charge in [-0.25, -0.2) is 0 Å². The van der Waals surface area contributed by atoms with Crippen LogP contribution in [0.5, 0.6) is 5.75 Å². The molecule has 0 saturated carbocycles. The van der Waals surface area contributed by atoms with Gasteiger partial charge in [0.25, 0.3) is 0 Å². The van der Waals surface area contributed by atoms with E-state index in [2.05, 4.69) is 40.7 Å². The van der Waals surface area contributed by atoms with Gasteiger partial charge in [-0.1, -0.05) is 42.5 Å². The minimum atomic E-state index is 0.113. The molecule has 0 bridgehead atoms. The molecule has 1 unspecified atom stereocenters. The highest BCUT2D eigenvalue weighted by Gasteiger charge is 2.04. The molecule has 0 radical (unpaired) electrons. The lowest BCUT2D eigenvalue weighted by Gasteiger charge is -2.15. The first-order chi connectivity index (χ1) is 12.7. The van der Waals surface area contributed by atoms with Crippen LogP contribution in [0.1, 0.15) is 30.6 Å². The average molecular weight is 355 g/mol. The molecule has 5 nitrogen and oxygen atoms in total. The van der Waals surface area contributed by atoms with Gasteiger partial charge in [0.05, 0.1) is 13.2 Å². The molecule has 0 aliphatic carbocycles. The Morgan fingerprint density at radius 2 is 1.88 bits per heavy atom. The van der Waals surface area contributed by atoms with Crippen LogP contribution in [0.4, 0.5) is 0 Å². The molecule has 0 amide bonds. The van der Waals surface area contributed by atoms with Gasteiger partial charge in [0.1, 0.15) is 5.75 Å². The summed E-state index contributed by atoms with van der Waals surface area (Å²) in [7, 11) is 3.45. The van der Waals surface area contributed by atoms with Gasteiger partial charge < -0.3 is 20.1 Å². The number of hydrogen-bond acceptors (Lipinski definition) is 3. The van der Waals surface area contributed by atoms with Crippen LogP contribution < -0.4 is 15.4 Å². The Morgan fingerprint density at radius 3 is 2.62 bits per heavy atom. The van der Waals surface area contributed by atoms with Crippen LogP contribution in [-0.2, 0) is 11.3 Å². The number of methoxy groups -OCH3 is 1. The quantitative estimate of drug-likeness (QED) is 0.410. The van der Waals surface area contributed by atoms with Gasteiger partial charge in [-0.3, -0.25) is 4.99 Å². The summed E-state index contributed by atoms with van der Waals surface area (Å²) < 4.78 is 11.1. The normalized spacial score (nSPS) is 12.5. The second kappa shape index (κ2) is 11.2. The van der Waals surface area contributed by atoms with Crippen LogP contribution in [0.2, 0.25) is 0 Å². The molecule has 0 spiro atoms. The van der Waals surface area contributed by atoms with E-state index in [1.54, 1.807) is 14.2 Å². The smallest absolute Gasteiger partial charge is 0.191 e. The third kappa shape index (κ3) is 6.76. The molecule has 2 rings (SSSR count). The summed E-state index contributed by atoms with van der Waals surface area (Å²) in [6, 6.07) is 18.3. The van der Waals surface area contributed by atoms with Crippen molar-refractivity contribution in [1.29, 1.82) is 0 Å². The standard InChI is InChI=1S/C21H29N3O2/c1-17(19-10-5-4-6-11-19)26-14-8-13-23-21(22-2)24-16-18-9-7-12-20(15-18)25-3/h4-7,9-12,15,17H,8,13-14,16H2,1-3H3,(H2,22,23,24). The van der Waals surface area contributed by atoms with Gasteiger partial charge in [-0.05, 0) is 36.6 Å². The van der Waals surface area contributed by atoms with Crippen LogP contribution in [0.25, 0.3) is 0 Å². The summed E-state index contributed by atoms with van der Waals surface area (Å²) in [6.07, 6.45) is 1.03. The largest absolute Gasteiger partial charge is 0.497 e. The fourth-order valence-corrected chi connectivity index (χ4v) is 2.55. The zero-order valence-electron chi connectivity index (χ0n) is 15.9. The topological polar surface area (TPSA) is 54.9 Å². The SMILES string of the molecule is CN=C(NCCCOC(C)c1ccccc1)NCc1cccc(OC)c1. The molecule has 2 aromatic carbocycles. The monoisotopic (exact) mass is 355 g/mol. The van der Waals surface area contributed by atoms with Crippen LogP contribution in [-0.4, -0.2) is 33.3 Å². The summed E-state index contributed by atoms with van der Waals surface area (Å²) in [4.78, 5) is 4.25. The van der Waals surface area contributed by atoms with Crippen molar-refractivity contribution < 1.29 is 9.47 Å². The van der Waals surface area contributed by atoms with Gasteiger partial charge in [0, 0.05) is 26.7 Å². The Labute approximate surface area is 156 Å². The lowest BCUT2D eigenvalue weighted by atomic mass is 10.1. The molecule has 0 aliphatic rings. The molecular formula is C21H29N3O2. The number of aliphatic imine (C=N–C) groups is 1. The second-order valence-corrected chi connectivity index (χ2v) is 5.98. The molecular weight excluding hydrogens is 326 g/mol. The van der Waals surface area contributed by atoms with Gasteiger partial charge in [0.15, 0.2) is 5.96 Å². The van der Waals surface area contributed by atoms with E-state index >= 15 is 0 Å². The number of hydrogen-bond donors (Lipinski definition) is 2. The maximum atomic E-state index is 5.88. The molecule has 0 aromatic heterocycles. The van der Waals surface area contributed by atoms with Crippen molar-refractivity contribution >= 4 is 5.96 Å². The first-order valence-electron chi connectivity index (χ1n) is 8.97. The van der Waals surface area contributed by atoms with E-state index in [0.717, 1.165) is 30.2 Å². The van der Waals surface area contributed by atoms with Gasteiger partial charge >= 0.3 is 0 Å². The Morgan fingerprint density at radius 1 is 1.08 bits per heavy atom. The van der Waals surface area contributed by atoms with Crippen LogP contribution >= 0.6 is 0 Å². The Hall–Kier alpha value is -2.53. The van der Waals surface area contributed by atoms with E-state index in [9.17, 15) is 0 Å². The highest BCUT2D eigenvalue weighted by Crippen LogP contribution is 2.15. The Kier molecular flexibility index (Phi) is 8.49. The van der Waals surface area contributed by atoms with Crippen molar-refractivity contribution in [2.45, 2.75) is 26.0 Å². The number of ether oxygens (including phenoxy) is 2. The number of rotatable bonds is 9. The third-order valence-electron chi connectivity index (χ3n) is 4.07. The Balaban J connectivity index is 1.64. The zero-order chi connectivity index (χ0) is 18.6. The molecule has 1 atom stereocenters. The summed E-state index contributed by atoms with van der Waals surface area (Å²) in [5.41, 5.74) is 2.35. The van der Waals surface area contributed by atoms with Crippen molar-refractivity contribution in [2.75, 3.05) is 27.3 Å². The van der Waals surface area contributed by atoms with E-state index in [4.69, 9.17) is 9.47 Å². The number of benzene rings is 2. The fourth-order valence-electron chi connectivity index (χ4n) is 2.55. The molecule has 2 aromatic rings. The minimum absolute atomic E-state index is 0.113. The molecule has 0 aliphatic heterocycles. The number of nitrogens with zero attached hydrogens (tertiary/aromatic N) is 1. The van der Waals surface area contributed by atoms with Crippen molar-refractivity contribution in [3.8, 4) is 5.75 Å².